The summed E-state index contributed by atoms with van der Waals surface area (Å²) in [4.78, 5) is 34.4. The fraction of sp³-hybridized carbons (Fsp3) is 0.444. The zero-order valence-corrected chi connectivity index (χ0v) is 20.5. The molecule has 35 heavy (non-hydrogen) atoms. The third-order valence-electron chi connectivity index (χ3n) is 7.62. The summed E-state index contributed by atoms with van der Waals surface area (Å²) in [5.74, 6) is 0.126. The number of likely N-dealkylation sites (N-methyl/N-ethyl adjacent to an activating group) is 1. The van der Waals surface area contributed by atoms with Crippen molar-refractivity contribution in [3.05, 3.63) is 66.1 Å². The van der Waals surface area contributed by atoms with Gasteiger partial charge in [0.2, 0.25) is 11.8 Å². The number of nitrogens with zero attached hydrogens (tertiary/aromatic N) is 4. The first kappa shape index (κ1) is 23.5. The Morgan fingerprint density at radius 3 is 2.89 bits per heavy atom. The minimum Gasteiger partial charge on any atom is -0.353 e. The van der Waals surface area contributed by atoms with E-state index in [4.69, 9.17) is 0 Å². The summed E-state index contributed by atoms with van der Waals surface area (Å²) >= 11 is 0. The van der Waals surface area contributed by atoms with Gasteiger partial charge in [0.25, 0.3) is 0 Å². The number of amides is 2. The van der Waals surface area contributed by atoms with Crippen LogP contribution in [0.5, 0.6) is 0 Å². The van der Waals surface area contributed by atoms with Crippen molar-refractivity contribution in [2.45, 2.75) is 50.5 Å². The fourth-order valence-electron chi connectivity index (χ4n) is 5.69. The minimum atomic E-state index is -0.177. The number of fused-ring (bicyclic) bond motifs is 2. The number of nitrogens with one attached hydrogen (secondary N) is 2. The Morgan fingerprint density at radius 2 is 2.06 bits per heavy atom. The topological polar surface area (TPSA) is 82.5 Å². The number of hydrogen-bond donors (Lipinski definition) is 2. The van der Waals surface area contributed by atoms with Gasteiger partial charge in [-0.05, 0) is 43.1 Å². The lowest BCUT2D eigenvalue weighted by atomic mass is 10.0. The van der Waals surface area contributed by atoms with E-state index in [0.717, 1.165) is 25.1 Å². The predicted octanol–water partition coefficient (Wildman–Crippen LogP) is 2.04. The van der Waals surface area contributed by atoms with E-state index in [-0.39, 0.29) is 29.9 Å². The lowest BCUT2D eigenvalue weighted by Crippen LogP contribution is -2.49. The van der Waals surface area contributed by atoms with Gasteiger partial charge >= 0.3 is 0 Å². The molecule has 2 aliphatic heterocycles. The Morgan fingerprint density at radius 1 is 1.20 bits per heavy atom. The second-order valence-electron chi connectivity index (χ2n) is 9.79. The molecule has 0 unspecified atom stereocenters. The van der Waals surface area contributed by atoms with Crippen LogP contribution in [0.25, 0.3) is 10.9 Å². The van der Waals surface area contributed by atoms with E-state index in [0.29, 0.717) is 25.9 Å². The molecule has 0 bridgehead atoms. The van der Waals surface area contributed by atoms with Crippen LogP contribution in [0.4, 0.5) is 0 Å². The highest BCUT2D eigenvalue weighted by Crippen LogP contribution is 2.30. The zero-order chi connectivity index (χ0) is 24.4. The van der Waals surface area contributed by atoms with E-state index in [2.05, 4.69) is 74.5 Å². The number of para-hydroxylation sites is 1. The number of aromatic nitrogens is 2. The number of likely N-dealkylation sites (tertiary alicyclic amines) is 1. The van der Waals surface area contributed by atoms with E-state index in [1.54, 1.807) is 12.4 Å². The fourth-order valence-corrected chi connectivity index (χ4v) is 5.69. The lowest BCUT2D eigenvalue weighted by Gasteiger charge is -2.33. The van der Waals surface area contributed by atoms with Crippen LogP contribution in [-0.4, -0.2) is 69.4 Å². The maximum atomic E-state index is 13.2. The highest BCUT2D eigenvalue weighted by Gasteiger charge is 2.45. The van der Waals surface area contributed by atoms with E-state index < -0.39 is 0 Å². The molecule has 2 aliphatic rings. The van der Waals surface area contributed by atoms with Gasteiger partial charge < -0.3 is 15.2 Å². The summed E-state index contributed by atoms with van der Waals surface area (Å²) in [5, 5.41) is 7.40. The summed E-state index contributed by atoms with van der Waals surface area (Å²) in [6.45, 7) is 2.69. The van der Waals surface area contributed by atoms with Gasteiger partial charge in [0.1, 0.15) is 6.04 Å². The number of benzene rings is 1. The van der Waals surface area contributed by atoms with Gasteiger partial charge in [0.05, 0.1) is 0 Å². The molecule has 0 saturated carbocycles. The Balaban J connectivity index is 1.21. The molecule has 8 heteroatoms. The molecule has 2 N–H and O–H groups in total. The first-order valence-corrected chi connectivity index (χ1v) is 12.4. The highest BCUT2D eigenvalue weighted by atomic mass is 16.2. The van der Waals surface area contributed by atoms with Crippen LogP contribution in [0.15, 0.2) is 55.0 Å². The Kier molecular flexibility index (Phi) is 6.83. The maximum absolute atomic E-state index is 13.2. The van der Waals surface area contributed by atoms with Crippen molar-refractivity contribution in [1.29, 1.82) is 0 Å². The molecular formula is C27H34N6O2. The third-order valence-corrected chi connectivity index (χ3v) is 7.62. The van der Waals surface area contributed by atoms with Gasteiger partial charge in [-0.25, -0.2) is 0 Å². The van der Waals surface area contributed by atoms with Gasteiger partial charge in [0, 0.05) is 81.2 Å². The molecule has 8 nitrogen and oxygen atoms in total. The van der Waals surface area contributed by atoms with Crippen molar-refractivity contribution in [2.75, 3.05) is 20.1 Å². The largest absolute Gasteiger partial charge is 0.353 e. The second kappa shape index (κ2) is 10.2. The van der Waals surface area contributed by atoms with Crippen molar-refractivity contribution in [3.63, 3.8) is 0 Å². The van der Waals surface area contributed by atoms with Crippen molar-refractivity contribution >= 4 is 22.7 Å². The third kappa shape index (κ3) is 4.94. The van der Waals surface area contributed by atoms with Gasteiger partial charge in [-0.15, -0.1) is 0 Å². The second-order valence-corrected chi connectivity index (χ2v) is 9.79. The van der Waals surface area contributed by atoms with Crippen LogP contribution >= 0.6 is 0 Å². The molecule has 0 radical (unpaired) electrons. The standard InChI is InChI=1S/C27H34N6O2/c1-31-17-20(22-7-3-4-8-23(22)31)18-33-13-11-24-26(33)27(35)30-16-21(32(24)2)9-10-25(34)29-15-19-6-5-12-28-14-19/h3-8,12,14,17,21,24,26H,9-11,13,15-16,18H2,1-2H3,(H,29,34)(H,30,35)/t21-,24-,26-/m0/s1. The molecule has 0 aliphatic carbocycles. The van der Waals surface area contributed by atoms with E-state index in [1.807, 2.05) is 12.1 Å². The Hall–Kier alpha value is -3.23. The van der Waals surface area contributed by atoms with Crippen LogP contribution in [0.2, 0.25) is 0 Å². The van der Waals surface area contributed by atoms with Crippen LogP contribution in [0.1, 0.15) is 30.4 Å². The average molecular weight is 475 g/mol. The number of pyridine rings is 1. The predicted molar refractivity (Wildman–Crippen MR) is 135 cm³/mol. The molecule has 2 fully saturated rings. The maximum Gasteiger partial charge on any atom is 0.239 e. The normalized spacial score (nSPS) is 23.1. The quantitative estimate of drug-likeness (QED) is 0.548. The molecule has 1 aromatic carbocycles. The number of carbonyl (C=O) groups is 2. The summed E-state index contributed by atoms with van der Waals surface area (Å²) in [5.41, 5.74) is 3.45. The average Bonchev–Trinajstić information content (AvgIpc) is 3.40. The van der Waals surface area contributed by atoms with E-state index >= 15 is 0 Å². The van der Waals surface area contributed by atoms with Crippen molar-refractivity contribution in [2.24, 2.45) is 7.05 Å². The molecule has 184 valence electrons. The zero-order valence-electron chi connectivity index (χ0n) is 20.5. The molecule has 0 spiro atoms. The highest BCUT2D eigenvalue weighted by molar-refractivity contribution is 5.85. The first-order valence-electron chi connectivity index (χ1n) is 12.4. The number of rotatable bonds is 7. The smallest absolute Gasteiger partial charge is 0.239 e. The van der Waals surface area contributed by atoms with Crippen LogP contribution in [-0.2, 0) is 29.7 Å². The molecular weight excluding hydrogens is 440 g/mol. The summed E-state index contributed by atoms with van der Waals surface area (Å²) < 4.78 is 2.16. The van der Waals surface area contributed by atoms with E-state index in [1.165, 1.54) is 16.5 Å². The van der Waals surface area contributed by atoms with Crippen molar-refractivity contribution in [1.82, 2.24) is 30.0 Å². The molecule has 3 atom stereocenters. The molecule has 2 amide bonds. The molecule has 5 rings (SSSR count). The van der Waals surface area contributed by atoms with Crippen LogP contribution in [0, 0.1) is 0 Å². The SMILES string of the molecule is CN1[C@@H](CCC(=O)NCc2cccnc2)CNC(=O)[C@@H]2[C@@H]1CCN2Cc1cn(C)c2ccccc12. The van der Waals surface area contributed by atoms with Crippen molar-refractivity contribution in [3.8, 4) is 0 Å². The Bertz CT molecular complexity index is 1190. The first-order chi connectivity index (χ1) is 17.0. The molecule has 2 aromatic heterocycles. The monoisotopic (exact) mass is 474 g/mol. The molecule has 4 heterocycles. The van der Waals surface area contributed by atoms with Gasteiger partial charge in [0.15, 0.2) is 0 Å². The number of aryl methyl sites for hydroxylation is 1. The molecule has 3 aromatic rings. The Labute approximate surface area is 206 Å². The van der Waals surface area contributed by atoms with Gasteiger partial charge in [-0.3, -0.25) is 24.4 Å². The minimum absolute atomic E-state index is 0.0263. The summed E-state index contributed by atoms with van der Waals surface area (Å²) in [7, 11) is 4.18. The van der Waals surface area contributed by atoms with Gasteiger partial charge in [-0.1, -0.05) is 24.3 Å². The number of hydrogen-bond acceptors (Lipinski definition) is 5. The van der Waals surface area contributed by atoms with Crippen molar-refractivity contribution < 1.29 is 9.59 Å². The lowest BCUT2D eigenvalue weighted by molar-refractivity contribution is -0.126. The molecule has 2 saturated heterocycles. The van der Waals surface area contributed by atoms with Crippen LogP contribution < -0.4 is 10.6 Å². The summed E-state index contributed by atoms with van der Waals surface area (Å²) in [6, 6.07) is 12.4. The number of carbonyl (C=O) groups excluding carboxylic acids is 2. The van der Waals surface area contributed by atoms with E-state index in [9.17, 15) is 9.59 Å². The van der Waals surface area contributed by atoms with Gasteiger partial charge in [-0.2, -0.15) is 0 Å². The summed E-state index contributed by atoms with van der Waals surface area (Å²) in [6.07, 6.45) is 7.76. The van der Waals surface area contributed by atoms with Crippen LogP contribution in [0.3, 0.4) is 0 Å².